The molecular formula is C12H19N3O4. The number of nitrogens with zero attached hydrogens (tertiary/aromatic N) is 1. The van der Waals surface area contributed by atoms with Crippen molar-refractivity contribution in [1.29, 1.82) is 0 Å². The molecule has 1 rings (SSSR count). The molecule has 0 aromatic rings. The first-order valence-corrected chi connectivity index (χ1v) is 6.20. The van der Waals surface area contributed by atoms with Crippen LogP contribution in [0, 0.1) is 0 Å². The molecule has 1 saturated heterocycles. The summed E-state index contributed by atoms with van der Waals surface area (Å²) in [4.78, 5) is 35.6. The van der Waals surface area contributed by atoms with Crippen LogP contribution in [0.1, 0.15) is 19.3 Å². The second kappa shape index (κ2) is 7.40. The first-order chi connectivity index (χ1) is 9.04. The zero-order valence-electron chi connectivity index (χ0n) is 10.7. The van der Waals surface area contributed by atoms with E-state index in [1.807, 2.05) is 0 Å². The lowest BCUT2D eigenvalue weighted by molar-refractivity contribution is -0.139. The molecule has 0 aromatic heterocycles. The Morgan fingerprint density at radius 1 is 1.32 bits per heavy atom. The smallest absolute Gasteiger partial charge is 0.326 e. The molecule has 0 spiro atoms. The van der Waals surface area contributed by atoms with Gasteiger partial charge < -0.3 is 20.6 Å². The number of hydrogen-bond acceptors (Lipinski definition) is 3. The zero-order chi connectivity index (χ0) is 14.3. The SMILES string of the molecule is C=CCC(NC(=O)NCC(=O)N1CCCC1)C(=O)O. The maximum atomic E-state index is 11.6. The van der Waals surface area contributed by atoms with Crippen LogP contribution in [-0.4, -0.2) is 53.6 Å². The van der Waals surface area contributed by atoms with Crippen LogP contribution in [0.3, 0.4) is 0 Å². The number of carbonyl (C=O) groups is 3. The maximum Gasteiger partial charge on any atom is 0.326 e. The molecule has 7 nitrogen and oxygen atoms in total. The molecule has 19 heavy (non-hydrogen) atoms. The molecule has 1 unspecified atom stereocenters. The molecular weight excluding hydrogens is 250 g/mol. The van der Waals surface area contributed by atoms with E-state index in [0.29, 0.717) is 0 Å². The van der Waals surface area contributed by atoms with Crippen LogP contribution in [0.15, 0.2) is 12.7 Å². The number of carbonyl (C=O) groups excluding carboxylic acids is 2. The van der Waals surface area contributed by atoms with E-state index in [4.69, 9.17) is 5.11 Å². The van der Waals surface area contributed by atoms with E-state index in [1.165, 1.54) is 6.08 Å². The van der Waals surface area contributed by atoms with E-state index in [9.17, 15) is 14.4 Å². The lowest BCUT2D eigenvalue weighted by atomic mass is 10.2. The summed E-state index contributed by atoms with van der Waals surface area (Å²) < 4.78 is 0. The van der Waals surface area contributed by atoms with E-state index in [1.54, 1.807) is 4.90 Å². The van der Waals surface area contributed by atoms with Gasteiger partial charge in [-0.05, 0) is 19.3 Å². The highest BCUT2D eigenvalue weighted by atomic mass is 16.4. The highest BCUT2D eigenvalue weighted by Crippen LogP contribution is 2.06. The van der Waals surface area contributed by atoms with Crippen LogP contribution in [0.25, 0.3) is 0 Å². The Balaban J connectivity index is 2.31. The highest BCUT2D eigenvalue weighted by molar-refractivity contribution is 5.86. The number of hydrogen-bond donors (Lipinski definition) is 3. The van der Waals surface area contributed by atoms with Gasteiger partial charge in [-0.1, -0.05) is 6.08 Å². The Bertz CT molecular complexity index is 364. The molecule has 3 N–H and O–H groups in total. The number of carboxylic acids is 1. The van der Waals surface area contributed by atoms with Crippen molar-refractivity contribution >= 4 is 17.9 Å². The van der Waals surface area contributed by atoms with Crippen molar-refractivity contribution in [3.8, 4) is 0 Å². The minimum absolute atomic E-state index is 0.119. The standard InChI is InChI=1S/C12H19N3O4/c1-2-5-9(11(17)18)14-12(19)13-8-10(16)15-6-3-4-7-15/h2,9H,1,3-8H2,(H,17,18)(H2,13,14,19). The molecule has 7 heteroatoms. The fourth-order valence-corrected chi connectivity index (χ4v) is 1.83. The number of aliphatic carboxylic acids is 1. The third kappa shape index (κ3) is 4.99. The van der Waals surface area contributed by atoms with Crippen LogP contribution in [0.4, 0.5) is 4.79 Å². The molecule has 0 aromatic carbocycles. The number of rotatable bonds is 6. The Kier molecular flexibility index (Phi) is 5.84. The van der Waals surface area contributed by atoms with E-state index >= 15 is 0 Å². The number of likely N-dealkylation sites (tertiary alicyclic amines) is 1. The summed E-state index contributed by atoms with van der Waals surface area (Å²) in [5, 5.41) is 13.5. The van der Waals surface area contributed by atoms with E-state index in [0.717, 1.165) is 25.9 Å². The van der Waals surface area contributed by atoms with Gasteiger partial charge in [0.15, 0.2) is 0 Å². The van der Waals surface area contributed by atoms with Gasteiger partial charge in [0.25, 0.3) is 0 Å². The van der Waals surface area contributed by atoms with Crippen LogP contribution in [-0.2, 0) is 9.59 Å². The number of amides is 3. The Morgan fingerprint density at radius 3 is 2.47 bits per heavy atom. The largest absolute Gasteiger partial charge is 0.480 e. The normalized spacial score (nSPS) is 15.7. The summed E-state index contributed by atoms with van der Waals surface area (Å²) in [5.41, 5.74) is 0. The van der Waals surface area contributed by atoms with E-state index in [2.05, 4.69) is 17.2 Å². The molecule has 1 aliphatic rings. The van der Waals surface area contributed by atoms with Gasteiger partial charge in [0.1, 0.15) is 6.04 Å². The van der Waals surface area contributed by atoms with Gasteiger partial charge in [-0.25, -0.2) is 9.59 Å². The first-order valence-electron chi connectivity index (χ1n) is 6.20. The molecule has 3 amide bonds. The van der Waals surface area contributed by atoms with Crippen molar-refractivity contribution in [2.75, 3.05) is 19.6 Å². The van der Waals surface area contributed by atoms with Crippen molar-refractivity contribution in [2.45, 2.75) is 25.3 Å². The number of nitrogens with one attached hydrogen (secondary N) is 2. The Labute approximate surface area is 111 Å². The molecule has 106 valence electrons. The van der Waals surface area contributed by atoms with Crippen LogP contribution in [0.2, 0.25) is 0 Å². The summed E-state index contributed by atoms with van der Waals surface area (Å²) in [6.07, 6.45) is 3.51. The molecule has 0 radical (unpaired) electrons. The zero-order valence-corrected chi connectivity index (χ0v) is 10.7. The average molecular weight is 269 g/mol. The molecule has 1 heterocycles. The summed E-state index contributed by atoms with van der Waals surface area (Å²) in [6.45, 7) is 4.74. The van der Waals surface area contributed by atoms with Crippen molar-refractivity contribution in [2.24, 2.45) is 0 Å². The van der Waals surface area contributed by atoms with Gasteiger partial charge >= 0.3 is 12.0 Å². The molecule has 1 aliphatic heterocycles. The second-order valence-electron chi connectivity index (χ2n) is 4.33. The fraction of sp³-hybridized carbons (Fsp3) is 0.583. The topological polar surface area (TPSA) is 98.7 Å². The quantitative estimate of drug-likeness (QED) is 0.588. The van der Waals surface area contributed by atoms with Gasteiger partial charge in [-0.2, -0.15) is 0 Å². The third-order valence-corrected chi connectivity index (χ3v) is 2.86. The number of urea groups is 1. The summed E-state index contributed by atoms with van der Waals surface area (Å²) in [5.74, 6) is -1.29. The molecule has 1 fully saturated rings. The minimum Gasteiger partial charge on any atom is -0.480 e. The van der Waals surface area contributed by atoms with Gasteiger partial charge in [-0.3, -0.25) is 4.79 Å². The summed E-state index contributed by atoms with van der Waals surface area (Å²) >= 11 is 0. The van der Waals surface area contributed by atoms with Gasteiger partial charge in [0.2, 0.25) is 5.91 Å². The molecule has 0 bridgehead atoms. The summed E-state index contributed by atoms with van der Waals surface area (Å²) in [6, 6.07) is -1.69. The van der Waals surface area contributed by atoms with E-state index < -0.39 is 18.0 Å². The molecule has 0 saturated carbocycles. The van der Waals surface area contributed by atoms with Crippen LogP contribution in [0.5, 0.6) is 0 Å². The second-order valence-corrected chi connectivity index (χ2v) is 4.33. The Hall–Kier alpha value is -2.05. The fourth-order valence-electron chi connectivity index (χ4n) is 1.83. The van der Waals surface area contributed by atoms with Crippen molar-refractivity contribution in [3.63, 3.8) is 0 Å². The average Bonchev–Trinajstić information content (AvgIpc) is 2.89. The first kappa shape index (κ1) is 15.0. The third-order valence-electron chi connectivity index (χ3n) is 2.86. The Morgan fingerprint density at radius 2 is 1.95 bits per heavy atom. The molecule has 1 atom stereocenters. The predicted molar refractivity (Wildman–Crippen MR) is 68.6 cm³/mol. The van der Waals surface area contributed by atoms with E-state index in [-0.39, 0.29) is 18.9 Å². The summed E-state index contributed by atoms with van der Waals surface area (Å²) in [7, 11) is 0. The van der Waals surface area contributed by atoms with Gasteiger partial charge in [0.05, 0.1) is 6.54 Å². The van der Waals surface area contributed by atoms with Crippen molar-refractivity contribution in [1.82, 2.24) is 15.5 Å². The lowest BCUT2D eigenvalue weighted by Gasteiger charge is -2.17. The van der Waals surface area contributed by atoms with Crippen LogP contribution >= 0.6 is 0 Å². The number of carboxylic acid groups (broad SMARTS) is 1. The maximum absolute atomic E-state index is 11.6. The van der Waals surface area contributed by atoms with Gasteiger partial charge in [0, 0.05) is 13.1 Å². The lowest BCUT2D eigenvalue weighted by Crippen LogP contribution is -2.48. The minimum atomic E-state index is -1.14. The highest BCUT2D eigenvalue weighted by Gasteiger charge is 2.20. The van der Waals surface area contributed by atoms with Crippen molar-refractivity contribution < 1.29 is 19.5 Å². The van der Waals surface area contributed by atoms with Crippen LogP contribution < -0.4 is 10.6 Å². The predicted octanol–water partition coefficient (Wildman–Crippen LogP) is -0.0627. The van der Waals surface area contributed by atoms with Gasteiger partial charge in [-0.15, -0.1) is 6.58 Å². The van der Waals surface area contributed by atoms with Crippen molar-refractivity contribution in [3.05, 3.63) is 12.7 Å². The molecule has 0 aliphatic carbocycles. The monoisotopic (exact) mass is 269 g/mol.